The second-order valence-corrected chi connectivity index (χ2v) is 7.23. The summed E-state index contributed by atoms with van der Waals surface area (Å²) in [5.74, 6) is -0.616. The quantitative estimate of drug-likeness (QED) is 0.817. The van der Waals surface area contributed by atoms with Crippen LogP contribution in [0.1, 0.15) is 32.8 Å². The molecule has 0 heterocycles. The first kappa shape index (κ1) is 15.9. The molecule has 1 aromatic rings. The summed E-state index contributed by atoms with van der Waals surface area (Å²) in [6.45, 7) is 7.70. The van der Waals surface area contributed by atoms with Crippen LogP contribution in [-0.2, 0) is 10.0 Å². The van der Waals surface area contributed by atoms with Crippen molar-refractivity contribution in [2.75, 3.05) is 12.3 Å². The van der Waals surface area contributed by atoms with Crippen molar-refractivity contribution in [2.24, 2.45) is 5.41 Å². The highest BCUT2D eigenvalue weighted by Crippen LogP contribution is 2.22. The highest BCUT2D eigenvalue weighted by molar-refractivity contribution is 7.89. The summed E-state index contributed by atoms with van der Waals surface area (Å²) < 4.78 is 40.2. The summed E-state index contributed by atoms with van der Waals surface area (Å²) in [6, 6.07) is 2.27. The van der Waals surface area contributed by atoms with Gasteiger partial charge in [-0.3, -0.25) is 0 Å². The molecule has 0 radical (unpaired) electrons. The standard InChI is InChI=1S/C13H21FN2O2S/c1-5-13(3,4)8-16-19(17,18)10-6-11(14)9(2)12(15)7-10/h6-7,16H,5,8,15H2,1-4H3. The number of benzene rings is 1. The van der Waals surface area contributed by atoms with Crippen molar-refractivity contribution in [3.05, 3.63) is 23.5 Å². The molecule has 0 spiro atoms. The van der Waals surface area contributed by atoms with E-state index in [0.717, 1.165) is 12.5 Å². The predicted molar refractivity (Wildman–Crippen MR) is 74.8 cm³/mol. The van der Waals surface area contributed by atoms with Crippen molar-refractivity contribution in [1.82, 2.24) is 4.72 Å². The molecule has 0 saturated carbocycles. The lowest BCUT2D eigenvalue weighted by molar-refractivity contribution is 0.350. The third-order valence-corrected chi connectivity index (χ3v) is 4.75. The number of anilines is 1. The zero-order valence-corrected chi connectivity index (χ0v) is 12.6. The van der Waals surface area contributed by atoms with Crippen molar-refractivity contribution >= 4 is 15.7 Å². The van der Waals surface area contributed by atoms with Gasteiger partial charge in [-0.05, 0) is 30.9 Å². The van der Waals surface area contributed by atoms with Crippen LogP contribution in [0, 0.1) is 18.2 Å². The molecule has 6 heteroatoms. The van der Waals surface area contributed by atoms with Gasteiger partial charge >= 0.3 is 0 Å². The van der Waals surface area contributed by atoms with E-state index in [0.29, 0.717) is 6.54 Å². The van der Waals surface area contributed by atoms with E-state index < -0.39 is 15.8 Å². The van der Waals surface area contributed by atoms with Crippen LogP contribution < -0.4 is 10.5 Å². The number of nitrogens with two attached hydrogens (primary N) is 1. The fourth-order valence-corrected chi connectivity index (χ4v) is 2.62. The maximum atomic E-state index is 13.5. The van der Waals surface area contributed by atoms with E-state index in [1.54, 1.807) is 0 Å². The Kier molecular flexibility index (Phi) is 4.58. The van der Waals surface area contributed by atoms with Gasteiger partial charge < -0.3 is 5.73 Å². The Labute approximate surface area is 114 Å². The van der Waals surface area contributed by atoms with Gasteiger partial charge in [0.25, 0.3) is 0 Å². The van der Waals surface area contributed by atoms with Gasteiger partial charge in [0, 0.05) is 17.8 Å². The summed E-state index contributed by atoms with van der Waals surface area (Å²) in [6.07, 6.45) is 0.833. The van der Waals surface area contributed by atoms with Crippen LogP contribution in [0.15, 0.2) is 17.0 Å². The molecule has 0 bridgehead atoms. The molecule has 0 unspecified atom stereocenters. The first-order chi connectivity index (χ1) is 8.59. The number of rotatable bonds is 5. The van der Waals surface area contributed by atoms with E-state index in [1.807, 2.05) is 20.8 Å². The maximum Gasteiger partial charge on any atom is 0.240 e. The van der Waals surface area contributed by atoms with Crippen molar-refractivity contribution in [1.29, 1.82) is 0 Å². The number of nitrogen functional groups attached to an aromatic ring is 1. The Morgan fingerprint density at radius 3 is 2.42 bits per heavy atom. The number of hydrogen-bond acceptors (Lipinski definition) is 3. The lowest BCUT2D eigenvalue weighted by atomic mass is 9.91. The van der Waals surface area contributed by atoms with E-state index in [1.165, 1.54) is 13.0 Å². The maximum absolute atomic E-state index is 13.5. The summed E-state index contributed by atoms with van der Waals surface area (Å²) in [7, 11) is -3.74. The third-order valence-electron chi connectivity index (χ3n) is 3.37. The number of hydrogen-bond donors (Lipinski definition) is 2. The summed E-state index contributed by atoms with van der Waals surface area (Å²) >= 11 is 0. The first-order valence-corrected chi connectivity index (χ1v) is 7.62. The van der Waals surface area contributed by atoms with Crippen LogP contribution in [0.3, 0.4) is 0 Å². The Morgan fingerprint density at radius 2 is 1.95 bits per heavy atom. The monoisotopic (exact) mass is 288 g/mol. The van der Waals surface area contributed by atoms with Gasteiger partial charge in [0.15, 0.2) is 0 Å². The minimum absolute atomic E-state index is 0.134. The average molecular weight is 288 g/mol. The van der Waals surface area contributed by atoms with Crippen molar-refractivity contribution in [3.8, 4) is 0 Å². The molecule has 0 saturated heterocycles. The van der Waals surface area contributed by atoms with E-state index in [4.69, 9.17) is 5.73 Å². The largest absolute Gasteiger partial charge is 0.398 e. The molecular weight excluding hydrogens is 267 g/mol. The Balaban J connectivity index is 3.02. The summed E-state index contributed by atoms with van der Waals surface area (Å²) in [5.41, 5.74) is 5.83. The van der Waals surface area contributed by atoms with Gasteiger partial charge in [-0.2, -0.15) is 0 Å². The van der Waals surface area contributed by atoms with E-state index in [9.17, 15) is 12.8 Å². The fraction of sp³-hybridized carbons (Fsp3) is 0.538. The highest BCUT2D eigenvalue weighted by Gasteiger charge is 2.22. The average Bonchev–Trinajstić information content (AvgIpc) is 2.33. The summed E-state index contributed by atoms with van der Waals surface area (Å²) in [4.78, 5) is -0.139. The topological polar surface area (TPSA) is 72.2 Å². The molecule has 4 nitrogen and oxygen atoms in total. The van der Waals surface area contributed by atoms with E-state index in [2.05, 4.69) is 4.72 Å². The molecular formula is C13H21FN2O2S. The van der Waals surface area contributed by atoms with Gasteiger partial charge in [0.05, 0.1) is 4.90 Å². The second kappa shape index (κ2) is 5.46. The van der Waals surface area contributed by atoms with Crippen LogP contribution in [0.5, 0.6) is 0 Å². The Bertz CT molecular complexity index is 545. The van der Waals surface area contributed by atoms with Crippen LogP contribution in [0.2, 0.25) is 0 Å². The molecule has 0 fully saturated rings. The Hall–Kier alpha value is -1.14. The van der Waals surface area contributed by atoms with Crippen molar-refractivity contribution in [3.63, 3.8) is 0 Å². The second-order valence-electron chi connectivity index (χ2n) is 5.46. The van der Waals surface area contributed by atoms with Crippen LogP contribution in [0.4, 0.5) is 10.1 Å². The minimum Gasteiger partial charge on any atom is -0.398 e. The molecule has 0 aliphatic heterocycles. The molecule has 19 heavy (non-hydrogen) atoms. The number of nitrogens with one attached hydrogen (secondary N) is 1. The molecule has 1 rings (SSSR count). The van der Waals surface area contributed by atoms with E-state index in [-0.39, 0.29) is 21.6 Å². The fourth-order valence-electron chi connectivity index (χ4n) is 1.33. The SMILES string of the molecule is CCC(C)(C)CNS(=O)(=O)c1cc(N)c(C)c(F)c1. The zero-order chi connectivity index (χ0) is 14.8. The molecule has 0 aromatic heterocycles. The predicted octanol–water partition coefficient (Wildman–Crippen LogP) is 2.43. The van der Waals surface area contributed by atoms with Crippen molar-refractivity contribution < 1.29 is 12.8 Å². The molecule has 0 amide bonds. The third kappa shape index (κ3) is 3.91. The molecule has 108 valence electrons. The van der Waals surface area contributed by atoms with Gasteiger partial charge in [-0.25, -0.2) is 17.5 Å². The molecule has 3 N–H and O–H groups in total. The smallest absolute Gasteiger partial charge is 0.240 e. The van der Waals surface area contributed by atoms with Crippen molar-refractivity contribution in [2.45, 2.75) is 39.0 Å². The lowest BCUT2D eigenvalue weighted by Crippen LogP contribution is -2.33. The van der Waals surface area contributed by atoms with Crippen LogP contribution in [-0.4, -0.2) is 15.0 Å². The number of halogens is 1. The van der Waals surface area contributed by atoms with Crippen LogP contribution in [0.25, 0.3) is 0 Å². The lowest BCUT2D eigenvalue weighted by Gasteiger charge is -2.22. The normalized spacial score (nSPS) is 12.7. The first-order valence-electron chi connectivity index (χ1n) is 6.14. The molecule has 0 atom stereocenters. The van der Waals surface area contributed by atoms with Gasteiger partial charge in [-0.15, -0.1) is 0 Å². The van der Waals surface area contributed by atoms with E-state index >= 15 is 0 Å². The molecule has 0 aliphatic carbocycles. The van der Waals surface area contributed by atoms with Gasteiger partial charge in [-0.1, -0.05) is 20.8 Å². The number of sulfonamides is 1. The molecule has 1 aromatic carbocycles. The minimum atomic E-state index is -3.74. The zero-order valence-electron chi connectivity index (χ0n) is 11.7. The molecule has 0 aliphatic rings. The van der Waals surface area contributed by atoms with Crippen LogP contribution >= 0.6 is 0 Å². The Morgan fingerprint density at radius 1 is 1.37 bits per heavy atom. The highest BCUT2D eigenvalue weighted by atomic mass is 32.2. The van der Waals surface area contributed by atoms with Gasteiger partial charge in [0.1, 0.15) is 5.82 Å². The summed E-state index contributed by atoms with van der Waals surface area (Å²) in [5, 5.41) is 0. The van der Waals surface area contributed by atoms with Gasteiger partial charge in [0.2, 0.25) is 10.0 Å².